The number of H-pyrrole nitrogens is 1. The molecule has 0 saturated heterocycles. The molecule has 4 heteroatoms. The van der Waals surface area contributed by atoms with Crippen molar-refractivity contribution in [1.82, 2.24) is 14.9 Å². The first-order valence-corrected chi connectivity index (χ1v) is 7.92. The summed E-state index contributed by atoms with van der Waals surface area (Å²) in [5.74, 6) is 0.0317. The fraction of sp³-hybridized carbons (Fsp3) is 0.263. The van der Waals surface area contributed by atoms with Crippen molar-refractivity contribution in [3.05, 3.63) is 66.1 Å². The fourth-order valence-electron chi connectivity index (χ4n) is 3.41. The molecule has 0 radical (unpaired) electrons. The minimum atomic E-state index is 0.0317. The van der Waals surface area contributed by atoms with E-state index in [-0.39, 0.29) is 11.3 Å². The summed E-state index contributed by atoms with van der Waals surface area (Å²) in [7, 11) is 1.88. The Labute approximate surface area is 135 Å². The van der Waals surface area contributed by atoms with E-state index in [9.17, 15) is 4.79 Å². The molecule has 1 aliphatic carbocycles. The number of nitrogens with zero attached hydrogens (tertiary/aromatic N) is 2. The SMILES string of the molecule is CN(CC1(c2c[nH]c3ccccc23)CC1)C(=O)c1cccnc1. The fourth-order valence-corrected chi connectivity index (χ4v) is 3.41. The molecule has 1 fully saturated rings. The molecule has 3 aromatic rings. The third-order valence-corrected chi connectivity index (χ3v) is 4.81. The van der Waals surface area contributed by atoms with Crippen LogP contribution in [0.2, 0.25) is 0 Å². The lowest BCUT2D eigenvalue weighted by Gasteiger charge is -2.24. The van der Waals surface area contributed by atoms with E-state index < -0.39 is 0 Å². The van der Waals surface area contributed by atoms with Gasteiger partial charge in [-0.25, -0.2) is 0 Å². The van der Waals surface area contributed by atoms with Crippen LogP contribution in [0, 0.1) is 0 Å². The molecule has 1 saturated carbocycles. The van der Waals surface area contributed by atoms with Crippen molar-refractivity contribution in [2.45, 2.75) is 18.3 Å². The second-order valence-electron chi connectivity index (χ2n) is 6.43. The number of benzene rings is 1. The number of carbonyl (C=O) groups excluding carboxylic acids is 1. The minimum absolute atomic E-state index is 0.0317. The Bertz CT molecular complexity index is 849. The molecule has 0 aliphatic heterocycles. The number of carbonyl (C=O) groups is 1. The van der Waals surface area contributed by atoms with Gasteiger partial charge in [-0.3, -0.25) is 9.78 Å². The molecule has 0 spiro atoms. The number of likely N-dealkylation sites (N-methyl/N-ethyl adjacent to an activating group) is 1. The van der Waals surface area contributed by atoms with Gasteiger partial charge in [0.15, 0.2) is 0 Å². The summed E-state index contributed by atoms with van der Waals surface area (Å²) in [5, 5.41) is 1.27. The van der Waals surface area contributed by atoms with Crippen LogP contribution in [0.3, 0.4) is 0 Å². The van der Waals surface area contributed by atoms with Gasteiger partial charge in [-0.15, -0.1) is 0 Å². The van der Waals surface area contributed by atoms with Crippen molar-refractivity contribution in [3.8, 4) is 0 Å². The summed E-state index contributed by atoms with van der Waals surface area (Å²) in [6.07, 6.45) is 7.67. The van der Waals surface area contributed by atoms with Gasteiger partial charge >= 0.3 is 0 Å². The number of hydrogen-bond donors (Lipinski definition) is 1. The van der Waals surface area contributed by atoms with Gasteiger partial charge in [0.1, 0.15) is 0 Å². The first kappa shape index (κ1) is 14.0. The molecule has 2 heterocycles. The summed E-state index contributed by atoms with van der Waals surface area (Å²) < 4.78 is 0. The summed E-state index contributed by atoms with van der Waals surface area (Å²) in [5.41, 5.74) is 3.23. The standard InChI is InChI=1S/C19H19N3O/c1-22(18(23)14-5-4-10-20-11-14)13-19(8-9-19)16-12-21-17-7-3-2-6-15(16)17/h2-7,10-12,21H,8-9,13H2,1H3. The van der Waals surface area contributed by atoms with E-state index in [1.54, 1.807) is 18.5 Å². The van der Waals surface area contributed by atoms with Crippen LogP contribution < -0.4 is 0 Å². The van der Waals surface area contributed by atoms with Crippen LogP contribution in [-0.2, 0) is 5.41 Å². The predicted molar refractivity (Wildman–Crippen MR) is 90.4 cm³/mol. The van der Waals surface area contributed by atoms with Crippen molar-refractivity contribution in [2.24, 2.45) is 0 Å². The van der Waals surface area contributed by atoms with Crippen LogP contribution >= 0.6 is 0 Å². The van der Waals surface area contributed by atoms with Crippen LogP contribution in [0.5, 0.6) is 0 Å². The zero-order valence-electron chi connectivity index (χ0n) is 13.1. The third kappa shape index (κ3) is 2.40. The molecule has 116 valence electrons. The number of nitrogens with one attached hydrogen (secondary N) is 1. The van der Waals surface area contributed by atoms with Crippen LogP contribution in [0.25, 0.3) is 10.9 Å². The topological polar surface area (TPSA) is 49.0 Å². The smallest absolute Gasteiger partial charge is 0.255 e. The molecular formula is C19H19N3O. The lowest BCUT2D eigenvalue weighted by Crippen LogP contribution is -2.34. The second kappa shape index (κ2) is 5.23. The maximum Gasteiger partial charge on any atom is 0.255 e. The maximum atomic E-state index is 12.6. The second-order valence-corrected chi connectivity index (χ2v) is 6.43. The van der Waals surface area contributed by atoms with Crippen LogP contribution in [-0.4, -0.2) is 34.4 Å². The molecule has 0 unspecified atom stereocenters. The quantitative estimate of drug-likeness (QED) is 0.803. The molecule has 0 atom stereocenters. The van der Waals surface area contributed by atoms with Crippen molar-refractivity contribution in [1.29, 1.82) is 0 Å². The number of amides is 1. The third-order valence-electron chi connectivity index (χ3n) is 4.81. The molecule has 1 amide bonds. The Hall–Kier alpha value is -2.62. The van der Waals surface area contributed by atoms with Gasteiger partial charge in [0.2, 0.25) is 0 Å². The Morgan fingerprint density at radius 2 is 2.09 bits per heavy atom. The number of hydrogen-bond acceptors (Lipinski definition) is 2. The Balaban J connectivity index is 1.60. The van der Waals surface area contributed by atoms with E-state index in [4.69, 9.17) is 0 Å². The predicted octanol–water partition coefficient (Wildman–Crippen LogP) is 3.37. The number of aromatic amines is 1. The van der Waals surface area contributed by atoms with Crippen molar-refractivity contribution in [3.63, 3.8) is 0 Å². The van der Waals surface area contributed by atoms with Crippen molar-refractivity contribution >= 4 is 16.8 Å². The van der Waals surface area contributed by atoms with Gasteiger partial charge in [-0.2, -0.15) is 0 Å². The highest BCUT2D eigenvalue weighted by Gasteiger charge is 2.47. The highest BCUT2D eigenvalue weighted by Crippen LogP contribution is 2.50. The Morgan fingerprint density at radius 1 is 1.26 bits per heavy atom. The van der Waals surface area contributed by atoms with Gasteiger partial charge < -0.3 is 9.88 Å². The maximum absolute atomic E-state index is 12.6. The molecule has 23 heavy (non-hydrogen) atoms. The number of fused-ring (bicyclic) bond motifs is 1. The van der Waals surface area contributed by atoms with E-state index in [0.29, 0.717) is 5.56 Å². The molecule has 1 aliphatic rings. The minimum Gasteiger partial charge on any atom is -0.361 e. The van der Waals surface area contributed by atoms with Crippen molar-refractivity contribution < 1.29 is 4.79 Å². The summed E-state index contributed by atoms with van der Waals surface area (Å²) >= 11 is 0. The van der Waals surface area contributed by atoms with Crippen LogP contribution in [0.1, 0.15) is 28.8 Å². The highest BCUT2D eigenvalue weighted by molar-refractivity contribution is 5.94. The first-order valence-electron chi connectivity index (χ1n) is 7.92. The molecule has 1 aromatic carbocycles. The molecular weight excluding hydrogens is 286 g/mol. The lowest BCUT2D eigenvalue weighted by molar-refractivity contribution is 0.0781. The molecule has 0 bridgehead atoms. The zero-order chi connectivity index (χ0) is 15.9. The highest BCUT2D eigenvalue weighted by atomic mass is 16.2. The van der Waals surface area contributed by atoms with E-state index in [0.717, 1.165) is 24.9 Å². The van der Waals surface area contributed by atoms with Crippen molar-refractivity contribution in [2.75, 3.05) is 13.6 Å². The molecule has 4 rings (SSSR count). The number of rotatable bonds is 4. The van der Waals surface area contributed by atoms with E-state index in [2.05, 4.69) is 34.4 Å². The van der Waals surface area contributed by atoms with Gasteiger partial charge in [0.25, 0.3) is 5.91 Å². The number of pyridine rings is 1. The summed E-state index contributed by atoms with van der Waals surface area (Å²) in [4.78, 5) is 21.8. The van der Waals surface area contributed by atoms with E-state index in [1.807, 2.05) is 24.1 Å². The molecule has 2 aromatic heterocycles. The first-order chi connectivity index (χ1) is 11.2. The van der Waals surface area contributed by atoms with Gasteiger partial charge in [0.05, 0.1) is 5.56 Å². The lowest BCUT2D eigenvalue weighted by atomic mass is 9.94. The normalized spacial score (nSPS) is 15.5. The number of para-hydroxylation sites is 1. The monoisotopic (exact) mass is 305 g/mol. The Kier molecular flexibility index (Phi) is 3.18. The van der Waals surface area contributed by atoms with Crippen LogP contribution in [0.15, 0.2) is 55.0 Å². The Morgan fingerprint density at radius 3 is 2.83 bits per heavy atom. The number of aromatic nitrogens is 2. The summed E-state index contributed by atoms with van der Waals surface area (Å²) in [6.45, 7) is 0.739. The van der Waals surface area contributed by atoms with Crippen LogP contribution in [0.4, 0.5) is 0 Å². The molecule has 4 nitrogen and oxygen atoms in total. The average molecular weight is 305 g/mol. The van der Waals surface area contributed by atoms with Gasteiger partial charge in [-0.05, 0) is 36.6 Å². The van der Waals surface area contributed by atoms with Gasteiger partial charge in [-0.1, -0.05) is 18.2 Å². The average Bonchev–Trinajstić information content (AvgIpc) is 3.23. The zero-order valence-corrected chi connectivity index (χ0v) is 13.1. The van der Waals surface area contributed by atoms with E-state index >= 15 is 0 Å². The largest absolute Gasteiger partial charge is 0.361 e. The van der Waals surface area contributed by atoms with E-state index in [1.165, 1.54) is 10.9 Å². The summed E-state index contributed by atoms with van der Waals surface area (Å²) in [6, 6.07) is 12.0. The molecule has 1 N–H and O–H groups in total. The van der Waals surface area contributed by atoms with Gasteiger partial charge in [0, 0.05) is 48.5 Å².